The third-order valence-electron chi connectivity index (χ3n) is 5.75. The quantitative estimate of drug-likeness (QED) is 0.348. The van der Waals surface area contributed by atoms with E-state index in [2.05, 4.69) is 18.7 Å². The van der Waals surface area contributed by atoms with E-state index in [4.69, 9.17) is 4.74 Å². The van der Waals surface area contributed by atoms with Crippen LogP contribution in [-0.4, -0.2) is 60.6 Å². The number of nitrogens with zero attached hydrogens (tertiary/aromatic N) is 2. The highest BCUT2D eigenvalue weighted by Gasteiger charge is 2.51. The van der Waals surface area contributed by atoms with E-state index in [1.807, 2.05) is 24.4 Å². The first kappa shape index (κ1) is 22.2. The largest absolute Gasteiger partial charge is 0.496 e. The summed E-state index contributed by atoms with van der Waals surface area (Å²) in [6, 6.07) is 8.33. The highest BCUT2D eigenvalue weighted by Crippen LogP contribution is 2.40. The van der Waals surface area contributed by atoms with Gasteiger partial charge in [0.25, 0.3) is 5.91 Å². The molecule has 2 heterocycles. The van der Waals surface area contributed by atoms with E-state index < -0.39 is 23.7 Å². The number of likely N-dealkylation sites (N-methyl/N-ethyl adjacent to an activating group) is 1. The molecular formula is C23H28N2O4S. The van der Waals surface area contributed by atoms with Gasteiger partial charge >= 0.3 is 0 Å². The summed E-state index contributed by atoms with van der Waals surface area (Å²) in [7, 11) is 1.57. The van der Waals surface area contributed by atoms with Crippen LogP contribution < -0.4 is 4.74 Å². The van der Waals surface area contributed by atoms with Crippen molar-refractivity contribution in [3.63, 3.8) is 0 Å². The maximum absolute atomic E-state index is 13.4. The van der Waals surface area contributed by atoms with Crippen LogP contribution in [0.3, 0.4) is 0 Å². The van der Waals surface area contributed by atoms with Gasteiger partial charge in [0.05, 0.1) is 13.2 Å². The van der Waals surface area contributed by atoms with Gasteiger partial charge in [-0.1, -0.05) is 19.9 Å². The van der Waals surface area contributed by atoms with Crippen molar-refractivity contribution in [2.45, 2.75) is 26.8 Å². The first-order valence-electron chi connectivity index (χ1n) is 10.2. The van der Waals surface area contributed by atoms with E-state index in [1.165, 1.54) is 11.3 Å². The number of benzene rings is 1. The predicted octanol–water partition coefficient (Wildman–Crippen LogP) is 3.36. The van der Waals surface area contributed by atoms with Gasteiger partial charge < -0.3 is 14.5 Å². The van der Waals surface area contributed by atoms with Gasteiger partial charge in [0.2, 0.25) is 5.78 Å². The molecule has 2 aromatic rings. The minimum atomic E-state index is -1.03. The standard InChI is InChI=1S/C23H28N2O4S/c1-5-24(6-2)11-12-25-20(18-8-7-13-30-18)19(22(27)23(25)28)21(26)16-9-10-17(29-4)15(3)14-16/h7-10,13-14,19-20H,5-6,11-12H2,1-4H3. The lowest BCUT2D eigenvalue weighted by Gasteiger charge is -2.28. The second-order valence-corrected chi connectivity index (χ2v) is 8.36. The van der Waals surface area contributed by atoms with Crippen LogP contribution >= 0.6 is 11.3 Å². The fourth-order valence-electron chi connectivity index (χ4n) is 4.00. The van der Waals surface area contributed by atoms with E-state index >= 15 is 0 Å². The zero-order valence-corrected chi connectivity index (χ0v) is 18.7. The molecule has 3 rings (SSSR count). The topological polar surface area (TPSA) is 66.9 Å². The number of carbonyl (C=O) groups is 3. The first-order valence-corrected chi connectivity index (χ1v) is 11.1. The van der Waals surface area contributed by atoms with E-state index in [1.54, 1.807) is 30.2 Å². The van der Waals surface area contributed by atoms with Crippen LogP contribution in [0.15, 0.2) is 35.7 Å². The Balaban J connectivity index is 1.95. The van der Waals surface area contributed by atoms with Crippen molar-refractivity contribution < 1.29 is 19.1 Å². The van der Waals surface area contributed by atoms with Crippen LogP contribution in [0.5, 0.6) is 5.75 Å². The van der Waals surface area contributed by atoms with Crippen LogP contribution in [0.2, 0.25) is 0 Å². The van der Waals surface area contributed by atoms with Gasteiger partial charge in [0.1, 0.15) is 11.7 Å². The summed E-state index contributed by atoms with van der Waals surface area (Å²) in [5.74, 6) is -1.85. The summed E-state index contributed by atoms with van der Waals surface area (Å²) >= 11 is 1.47. The molecule has 0 spiro atoms. The second-order valence-electron chi connectivity index (χ2n) is 7.38. The average molecular weight is 429 g/mol. The molecule has 0 radical (unpaired) electrons. The number of methoxy groups -OCH3 is 1. The summed E-state index contributed by atoms with van der Waals surface area (Å²) in [4.78, 5) is 43.9. The number of ether oxygens (including phenoxy) is 1. The van der Waals surface area contributed by atoms with Crippen molar-refractivity contribution >= 4 is 28.8 Å². The fraction of sp³-hybridized carbons (Fsp3) is 0.435. The Kier molecular flexibility index (Phi) is 7.05. The van der Waals surface area contributed by atoms with Crippen LogP contribution in [0.25, 0.3) is 0 Å². The molecule has 0 N–H and O–H groups in total. The number of aryl methyl sites for hydroxylation is 1. The summed E-state index contributed by atoms with van der Waals surface area (Å²) in [5.41, 5.74) is 1.23. The number of hydrogen-bond acceptors (Lipinski definition) is 6. The van der Waals surface area contributed by atoms with E-state index in [0.717, 1.165) is 23.5 Å². The average Bonchev–Trinajstić information content (AvgIpc) is 3.36. The molecule has 1 fully saturated rings. The maximum atomic E-state index is 13.4. The van der Waals surface area contributed by atoms with Gasteiger partial charge in [-0.25, -0.2) is 0 Å². The van der Waals surface area contributed by atoms with E-state index in [0.29, 0.717) is 24.4 Å². The van der Waals surface area contributed by atoms with Gasteiger partial charge in [0.15, 0.2) is 5.78 Å². The normalized spacial score (nSPS) is 19.0. The Labute approximate surface area is 181 Å². The second kappa shape index (κ2) is 9.53. The van der Waals surface area contributed by atoms with Gasteiger partial charge in [-0.15, -0.1) is 11.3 Å². The molecule has 2 unspecified atom stereocenters. The molecule has 1 aliphatic heterocycles. The smallest absolute Gasteiger partial charge is 0.291 e. The molecule has 6 nitrogen and oxygen atoms in total. The molecule has 1 saturated heterocycles. The number of rotatable bonds is 9. The van der Waals surface area contributed by atoms with Crippen LogP contribution in [0.1, 0.15) is 40.7 Å². The Morgan fingerprint density at radius 1 is 1.20 bits per heavy atom. The van der Waals surface area contributed by atoms with Crippen molar-refractivity contribution in [1.82, 2.24) is 9.80 Å². The van der Waals surface area contributed by atoms with Gasteiger partial charge in [-0.3, -0.25) is 14.4 Å². The minimum Gasteiger partial charge on any atom is -0.496 e. The highest BCUT2D eigenvalue weighted by molar-refractivity contribution is 7.10. The number of hydrogen-bond donors (Lipinski definition) is 0. The monoisotopic (exact) mass is 428 g/mol. The van der Waals surface area contributed by atoms with E-state index in [-0.39, 0.29) is 5.78 Å². The number of Topliss-reactive ketones (excluding diaryl/α,β-unsaturated/α-hetero) is 2. The summed E-state index contributed by atoms with van der Waals surface area (Å²) < 4.78 is 5.27. The highest BCUT2D eigenvalue weighted by atomic mass is 32.1. The third-order valence-corrected chi connectivity index (χ3v) is 6.70. The number of likely N-dealkylation sites (tertiary alicyclic amines) is 1. The first-order chi connectivity index (χ1) is 14.4. The lowest BCUT2D eigenvalue weighted by Crippen LogP contribution is -2.38. The Morgan fingerprint density at radius 2 is 1.93 bits per heavy atom. The number of thiophene rings is 1. The summed E-state index contributed by atoms with van der Waals surface area (Å²) in [6.07, 6.45) is 0. The molecule has 1 aromatic carbocycles. The summed E-state index contributed by atoms with van der Waals surface area (Å²) in [5, 5.41) is 1.91. The van der Waals surface area contributed by atoms with Crippen molar-refractivity contribution in [2.24, 2.45) is 5.92 Å². The van der Waals surface area contributed by atoms with Gasteiger partial charge in [-0.05, 0) is 55.2 Å². The van der Waals surface area contributed by atoms with Crippen LogP contribution in [0, 0.1) is 12.8 Å². The lowest BCUT2D eigenvalue weighted by molar-refractivity contribution is -0.140. The SMILES string of the molecule is CCN(CC)CCN1C(=O)C(=O)C(C(=O)c2ccc(OC)c(C)c2)C1c1cccs1. The molecule has 7 heteroatoms. The number of amides is 1. The molecule has 0 saturated carbocycles. The lowest BCUT2D eigenvalue weighted by atomic mass is 9.88. The van der Waals surface area contributed by atoms with E-state index in [9.17, 15) is 14.4 Å². The van der Waals surface area contributed by atoms with Crippen LogP contribution in [-0.2, 0) is 9.59 Å². The fourth-order valence-corrected chi connectivity index (χ4v) is 4.88. The molecule has 2 atom stereocenters. The molecule has 0 bridgehead atoms. The Morgan fingerprint density at radius 3 is 2.50 bits per heavy atom. The van der Waals surface area contributed by atoms with Gasteiger partial charge in [0, 0.05) is 23.5 Å². The molecule has 30 heavy (non-hydrogen) atoms. The zero-order valence-electron chi connectivity index (χ0n) is 17.9. The number of carbonyl (C=O) groups excluding carboxylic acids is 3. The molecule has 160 valence electrons. The molecular weight excluding hydrogens is 400 g/mol. The van der Waals surface area contributed by atoms with Gasteiger partial charge in [-0.2, -0.15) is 0 Å². The van der Waals surface area contributed by atoms with Crippen molar-refractivity contribution in [3.8, 4) is 5.75 Å². The van der Waals surface area contributed by atoms with Crippen molar-refractivity contribution in [1.29, 1.82) is 0 Å². The molecule has 0 aliphatic carbocycles. The van der Waals surface area contributed by atoms with Crippen molar-refractivity contribution in [2.75, 3.05) is 33.3 Å². The third kappa shape index (κ3) is 4.18. The van der Waals surface area contributed by atoms with Crippen molar-refractivity contribution in [3.05, 3.63) is 51.7 Å². The molecule has 1 amide bonds. The number of ketones is 2. The zero-order chi connectivity index (χ0) is 21.8. The van der Waals surface area contributed by atoms with Crippen LogP contribution in [0.4, 0.5) is 0 Å². The summed E-state index contributed by atoms with van der Waals surface area (Å²) in [6.45, 7) is 8.79. The predicted molar refractivity (Wildman–Crippen MR) is 117 cm³/mol. The minimum absolute atomic E-state index is 0.317. The maximum Gasteiger partial charge on any atom is 0.291 e. The Hall–Kier alpha value is -2.51. The Bertz CT molecular complexity index is 921. The molecule has 1 aromatic heterocycles. The molecule has 1 aliphatic rings.